The lowest BCUT2D eigenvalue weighted by Gasteiger charge is -2.37. The SMILES string of the molecule is COc1ccc(C(OC[C@H]2O[C@@H](n3c(Br)nc4c(NC(=O)C(Cl)(Cl)Cl)ncnc43)[C@@H]3OC(C)(C)O[C@@H]32)(c2ccccc2)c2ccc(OC)cc2)cc1. The number of imidazole rings is 1. The monoisotopic (exact) mass is 831 g/mol. The van der Waals surface area contributed by atoms with Gasteiger partial charge in [-0.3, -0.25) is 9.36 Å². The Hall–Kier alpha value is -3.53. The van der Waals surface area contributed by atoms with Crippen LogP contribution in [-0.2, 0) is 29.3 Å². The predicted octanol–water partition coefficient (Wildman–Crippen LogP) is 7.34. The molecule has 4 heterocycles. The molecule has 2 aromatic heterocycles. The third kappa shape index (κ3) is 6.85. The highest BCUT2D eigenvalue weighted by Crippen LogP contribution is 2.47. The second kappa shape index (κ2) is 14.4. The molecule has 7 rings (SSSR count). The summed E-state index contributed by atoms with van der Waals surface area (Å²) in [5, 5.41) is 2.51. The van der Waals surface area contributed by atoms with Gasteiger partial charge < -0.3 is 33.7 Å². The molecule has 4 atom stereocenters. The number of rotatable bonds is 10. The number of carbonyl (C=O) groups is 1. The Morgan fingerprint density at radius 3 is 2.04 bits per heavy atom. The fourth-order valence-corrected chi connectivity index (χ4v) is 7.35. The highest BCUT2D eigenvalue weighted by atomic mass is 79.9. The first kappa shape index (κ1) is 36.8. The molecule has 2 aliphatic rings. The van der Waals surface area contributed by atoms with Crippen molar-refractivity contribution in [3.8, 4) is 11.5 Å². The van der Waals surface area contributed by atoms with E-state index in [0.717, 1.165) is 16.7 Å². The number of nitrogens with one attached hydrogen (secondary N) is 1. The van der Waals surface area contributed by atoms with E-state index >= 15 is 0 Å². The maximum Gasteiger partial charge on any atom is 0.277 e. The fraction of sp³-hybridized carbons (Fsp3) is 0.333. The van der Waals surface area contributed by atoms with Gasteiger partial charge in [-0.1, -0.05) is 89.4 Å². The van der Waals surface area contributed by atoms with E-state index in [2.05, 4.69) is 36.2 Å². The number of amides is 1. The topological polar surface area (TPSA) is 128 Å². The van der Waals surface area contributed by atoms with Gasteiger partial charge in [-0.25, -0.2) is 15.0 Å². The normalized spacial score (nSPS) is 21.2. The molecule has 0 unspecified atom stereocenters. The van der Waals surface area contributed by atoms with Crippen LogP contribution < -0.4 is 14.8 Å². The van der Waals surface area contributed by atoms with Crippen LogP contribution in [-0.4, -0.2) is 74.1 Å². The number of hydrogen-bond donors (Lipinski definition) is 1. The van der Waals surface area contributed by atoms with Gasteiger partial charge in [0.2, 0.25) is 0 Å². The molecule has 0 saturated carbocycles. The molecule has 1 N–H and O–H groups in total. The van der Waals surface area contributed by atoms with Crippen LogP contribution in [0.4, 0.5) is 5.82 Å². The van der Waals surface area contributed by atoms with Crippen molar-refractivity contribution in [2.75, 3.05) is 26.1 Å². The van der Waals surface area contributed by atoms with Crippen molar-refractivity contribution in [3.63, 3.8) is 0 Å². The van der Waals surface area contributed by atoms with E-state index in [1.165, 1.54) is 6.33 Å². The third-order valence-electron chi connectivity index (χ3n) is 8.94. The minimum atomic E-state index is -2.22. The zero-order chi connectivity index (χ0) is 36.8. The predicted molar refractivity (Wildman–Crippen MR) is 198 cm³/mol. The van der Waals surface area contributed by atoms with Crippen LogP contribution in [0.25, 0.3) is 11.2 Å². The van der Waals surface area contributed by atoms with Crippen LogP contribution in [0.5, 0.6) is 11.5 Å². The van der Waals surface area contributed by atoms with Crippen molar-refractivity contribution in [3.05, 3.63) is 107 Å². The Kier molecular flexibility index (Phi) is 10.2. The Morgan fingerprint density at radius 2 is 1.46 bits per heavy atom. The molecule has 2 aliphatic heterocycles. The number of hydrogen-bond acceptors (Lipinski definition) is 10. The number of alkyl halides is 3. The number of halogens is 4. The Bertz CT molecular complexity index is 2020. The summed E-state index contributed by atoms with van der Waals surface area (Å²) in [6, 6.07) is 25.5. The smallest absolute Gasteiger partial charge is 0.277 e. The third-order valence-corrected chi connectivity index (χ3v) is 10.0. The number of benzene rings is 3. The number of nitrogens with zero attached hydrogens (tertiary/aromatic N) is 4. The summed E-state index contributed by atoms with van der Waals surface area (Å²) in [6.45, 7) is 3.77. The summed E-state index contributed by atoms with van der Waals surface area (Å²) in [5.74, 6) is -0.380. The van der Waals surface area contributed by atoms with Crippen molar-refractivity contribution in [1.82, 2.24) is 19.5 Å². The molecule has 52 heavy (non-hydrogen) atoms. The van der Waals surface area contributed by atoms with E-state index in [0.29, 0.717) is 21.9 Å². The number of methoxy groups -OCH3 is 2. The van der Waals surface area contributed by atoms with E-state index in [1.54, 1.807) is 18.8 Å². The number of ether oxygens (including phenoxy) is 6. The summed E-state index contributed by atoms with van der Waals surface area (Å²) in [5.41, 5.74) is 2.09. The lowest BCUT2D eigenvalue weighted by Crippen LogP contribution is -2.39. The lowest BCUT2D eigenvalue weighted by molar-refractivity contribution is -0.205. The number of anilines is 1. The van der Waals surface area contributed by atoms with Gasteiger partial charge in [0.15, 0.2) is 33.7 Å². The molecule has 5 aromatic rings. The molecular formula is C36H33BrCl3N5O7. The highest BCUT2D eigenvalue weighted by Gasteiger charge is 2.57. The minimum Gasteiger partial charge on any atom is -0.497 e. The molecule has 16 heteroatoms. The second-order valence-electron chi connectivity index (χ2n) is 12.5. The number of aromatic nitrogens is 4. The van der Waals surface area contributed by atoms with Gasteiger partial charge in [0.25, 0.3) is 9.70 Å². The van der Waals surface area contributed by atoms with Crippen molar-refractivity contribution in [2.45, 2.75) is 53.6 Å². The molecule has 1 amide bonds. The first-order valence-corrected chi connectivity index (χ1v) is 18.0. The molecule has 0 spiro atoms. The van der Waals surface area contributed by atoms with E-state index in [-0.39, 0.29) is 17.9 Å². The van der Waals surface area contributed by atoms with Crippen LogP contribution in [0, 0.1) is 0 Å². The van der Waals surface area contributed by atoms with Gasteiger partial charge in [-0.15, -0.1) is 0 Å². The first-order valence-electron chi connectivity index (χ1n) is 16.1. The molecule has 0 aliphatic carbocycles. The average molecular weight is 834 g/mol. The fourth-order valence-electron chi connectivity index (χ4n) is 6.66. The maximum atomic E-state index is 12.5. The summed E-state index contributed by atoms with van der Waals surface area (Å²) >= 11 is 21.0. The van der Waals surface area contributed by atoms with Crippen LogP contribution in [0.1, 0.15) is 36.8 Å². The minimum absolute atomic E-state index is 0.0470. The van der Waals surface area contributed by atoms with Gasteiger partial charge >= 0.3 is 0 Å². The molecular weight excluding hydrogens is 801 g/mol. The molecule has 2 saturated heterocycles. The standard InChI is InChI=1S/C36H33BrCl3N5O7/c1-34(2)51-27-25(50-31(28(27)52-34)45-30-26(43-33(45)37)29(41-19-42-30)44-32(46)36(38,39)40)18-49-35(20-8-6-5-7-9-20,21-10-14-23(47-3)15-11-21)22-12-16-24(48-4)17-13-22/h5-17,19,25,27-28,31H,18H2,1-4H3,(H,41,42,44,46)/t25-,27-,28-,31-/m1/s1. The molecule has 272 valence electrons. The highest BCUT2D eigenvalue weighted by molar-refractivity contribution is 9.10. The first-order chi connectivity index (χ1) is 24.8. The Morgan fingerprint density at radius 1 is 0.885 bits per heavy atom. The maximum absolute atomic E-state index is 12.5. The van der Waals surface area contributed by atoms with Crippen LogP contribution in [0.3, 0.4) is 0 Å². The molecule has 3 aromatic carbocycles. The van der Waals surface area contributed by atoms with Crippen molar-refractivity contribution < 1.29 is 33.2 Å². The Labute approximate surface area is 322 Å². The quantitative estimate of drug-likeness (QED) is 0.0868. The van der Waals surface area contributed by atoms with Gasteiger partial charge in [0, 0.05) is 0 Å². The Balaban J connectivity index is 1.28. The number of carbonyl (C=O) groups excluding carboxylic acids is 1. The van der Waals surface area contributed by atoms with E-state index < -0.39 is 45.6 Å². The molecule has 12 nitrogen and oxygen atoms in total. The molecule has 0 radical (unpaired) electrons. The number of fused-ring (bicyclic) bond motifs is 2. The summed E-state index contributed by atoms with van der Waals surface area (Å²) in [7, 11) is 3.26. The van der Waals surface area contributed by atoms with E-state index in [9.17, 15) is 4.79 Å². The zero-order valence-corrected chi connectivity index (χ0v) is 32.1. The summed E-state index contributed by atoms with van der Waals surface area (Å²) in [4.78, 5) is 25.7. The average Bonchev–Trinajstić information content (AvgIpc) is 3.76. The summed E-state index contributed by atoms with van der Waals surface area (Å²) < 4.78 is 37.7. The van der Waals surface area contributed by atoms with E-state index in [4.69, 9.17) is 63.2 Å². The van der Waals surface area contributed by atoms with E-state index in [1.807, 2.05) is 92.7 Å². The van der Waals surface area contributed by atoms with Gasteiger partial charge in [-0.2, -0.15) is 0 Å². The van der Waals surface area contributed by atoms with Crippen LogP contribution in [0.2, 0.25) is 0 Å². The van der Waals surface area contributed by atoms with Gasteiger partial charge in [0.1, 0.15) is 41.7 Å². The largest absolute Gasteiger partial charge is 0.497 e. The van der Waals surface area contributed by atoms with Crippen LogP contribution >= 0.6 is 50.7 Å². The molecule has 0 bridgehead atoms. The van der Waals surface area contributed by atoms with Crippen molar-refractivity contribution in [2.24, 2.45) is 0 Å². The van der Waals surface area contributed by atoms with Crippen molar-refractivity contribution in [1.29, 1.82) is 0 Å². The zero-order valence-electron chi connectivity index (χ0n) is 28.3. The van der Waals surface area contributed by atoms with Crippen LogP contribution in [0.15, 0.2) is 89.9 Å². The molecule has 2 fully saturated rings. The lowest BCUT2D eigenvalue weighted by atomic mass is 9.80. The summed E-state index contributed by atoms with van der Waals surface area (Å²) in [6.07, 6.45) is -1.33. The van der Waals surface area contributed by atoms with Gasteiger partial charge in [0.05, 0.1) is 20.8 Å². The van der Waals surface area contributed by atoms with Crippen molar-refractivity contribution >= 4 is 73.6 Å². The second-order valence-corrected chi connectivity index (χ2v) is 15.5. The van der Waals surface area contributed by atoms with Gasteiger partial charge in [-0.05, 0) is 70.7 Å².